The summed E-state index contributed by atoms with van der Waals surface area (Å²) in [7, 11) is 0. The molecule has 0 bridgehead atoms. The van der Waals surface area contributed by atoms with Crippen molar-refractivity contribution in [3.05, 3.63) is 34.4 Å². The van der Waals surface area contributed by atoms with Crippen LogP contribution in [0.2, 0.25) is 0 Å². The average Bonchev–Trinajstić information content (AvgIpc) is 3.22. The Bertz CT molecular complexity index is 554. The van der Waals surface area contributed by atoms with Crippen molar-refractivity contribution < 1.29 is 10.0 Å². The third-order valence-corrected chi connectivity index (χ3v) is 3.88. The second-order valence-electron chi connectivity index (χ2n) is 5.84. The number of benzene rings is 1. The second-order valence-corrected chi connectivity index (χ2v) is 5.84. The second kappa shape index (κ2) is 6.16. The Morgan fingerprint density at radius 1 is 1.33 bits per heavy atom. The Kier molecular flexibility index (Phi) is 4.50. The van der Waals surface area contributed by atoms with Crippen LogP contribution >= 0.6 is 0 Å². The van der Waals surface area contributed by atoms with Crippen LogP contribution in [0.15, 0.2) is 17.3 Å². The van der Waals surface area contributed by atoms with Gasteiger partial charge in [0.15, 0.2) is 0 Å². The maximum Gasteiger partial charge on any atom is 0.254 e. The Balaban J connectivity index is 2.23. The Labute approximate surface area is 125 Å². The fraction of sp³-hybridized carbons (Fsp3) is 0.500. The highest BCUT2D eigenvalue weighted by molar-refractivity contribution is 5.97. The maximum absolute atomic E-state index is 12.9. The van der Waals surface area contributed by atoms with E-state index < -0.39 is 0 Å². The average molecular weight is 289 g/mol. The van der Waals surface area contributed by atoms with Gasteiger partial charge < -0.3 is 15.8 Å². The van der Waals surface area contributed by atoms with Gasteiger partial charge in [-0.25, -0.2) is 0 Å². The molecule has 21 heavy (non-hydrogen) atoms. The molecule has 5 heteroatoms. The lowest BCUT2D eigenvalue weighted by Gasteiger charge is -2.24. The van der Waals surface area contributed by atoms with Gasteiger partial charge in [-0.05, 0) is 44.7 Å². The highest BCUT2D eigenvalue weighted by atomic mass is 16.4. The van der Waals surface area contributed by atoms with Gasteiger partial charge in [0.05, 0.1) is 0 Å². The number of rotatable bonds is 5. The largest absolute Gasteiger partial charge is 0.409 e. The SMILES string of the molecule is Cc1cc(C)c(C(=O)N(CCC(N)=NO)C2CC2)c(C)c1. The molecule has 5 nitrogen and oxygen atoms in total. The molecule has 1 aliphatic rings. The van der Waals surface area contributed by atoms with Gasteiger partial charge in [0.2, 0.25) is 0 Å². The third-order valence-electron chi connectivity index (χ3n) is 3.88. The first kappa shape index (κ1) is 15.4. The predicted molar refractivity (Wildman–Crippen MR) is 82.7 cm³/mol. The van der Waals surface area contributed by atoms with E-state index >= 15 is 0 Å². The molecule has 1 saturated carbocycles. The van der Waals surface area contributed by atoms with E-state index in [2.05, 4.69) is 5.16 Å². The molecule has 1 aromatic carbocycles. The summed E-state index contributed by atoms with van der Waals surface area (Å²) in [5.41, 5.74) is 9.48. The number of hydrogen-bond acceptors (Lipinski definition) is 3. The van der Waals surface area contributed by atoms with Crippen molar-refractivity contribution in [3.63, 3.8) is 0 Å². The predicted octanol–water partition coefficient (Wildman–Crippen LogP) is 2.35. The van der Waals surface area contributed by atoms with E-state index in [-0.39, 0.29) is 11.7 Å². The number of amidine groups is 1. The molecule has 0 heterocycles. The quantitative estimate of drug-likeness (QED) is 0.378. The topological polar surface area (TPSA) is 78.9 Å². The van der Waals surface area contributed by atoms with Gasteiger partial charge in [-0.15, -0.1) is 0 Å². The minimum absolute atomic E-state index is 0.0539. The zero-order valence-corrected chi connectivity index (χ0v) is 12.9. The molecule has 0 aliphatic heterocycles. The van der Waals surface area contributed by atoms with Gasteiger partial charge in [-0.2, -0.15) is 0 Å². The summed E-state index contributed by atoms with van der Waals surface area (Å²) in [6.45, 7) is 6.47. The van der Waals surface area contributed by atoms with Gasteiger partial charge in [-0.1, -0.05) is 22.9 Å². The Hall–Kier alpha value is -2.04. The third kappa shape index (κ3) is 3.54. The summed E-state index contributed by atoms with van der Waals surface area (Å²) in [6, 6.07) is 4.37. The van der Waals surface area contributed by atoms with Crippen LogP contribution in [0.4, 0.5) is 0 Å². The van der Waals surface area contributed by atoms with Gasteiger partial charge in [0.25, 0.3) is 5.91 Å². The summed E-state index contributed by atoms with van der Waals surface area (Å²) >= 11 is 0. The van der Waals surface area contributed by atoms with Crippen LogP contribution in [-0.4, -0.2) is 34.4 Å². The first-order valence-corrected chi connectivity index (χ1v) is 7.29. The number of carbonyl (C=O) groups excluding carboxylic acids is 1. The monoisotopic (exact) mass is 289 g/mol. The molecular weight excluding hydrogens is 266 g/mol. The zero-order valence-electron chi connectivity index (χ0n) is 12.9. The number of oxime groups is 1. The van der Waals surface area contributed by atoms with Crippen molar-refractivity contribution in [1.82, 2.24) is 4.90 Å². The number of amides is 1. The van der Waals surface area contributed by atoms with E-state index in [1.165, 1.54) is 0 Å². The minimum atomic E-state index is 0.0539. The van der Waals surface area contributed by atoms with Crippen molar-refractivity contribution in [2.45, 2.75) is 46.1 Å². The highest BCUT2D eigenvalue weighted by Gasteiger charge is 2.33. The first-order chi connectivity index (χ1) is 9.93. The van der Waals surface area contributed by atoms with Gasteiger partial charge >= 0.3 is 0 Å². The number of nitrogens with two attached hydrogens (primary N) is 1. The number of aryl methyl sites for hydroxylation is 3. The fourth-order valence-corrected chi connectivity index (χ4v) is 2.78. The number of hydrogen-bond donors (Lipinski definition) is 2. The van der Waals surface area contributed by atoms with E-state index in [1.807, 2.05) is 37.8 Å². The molecule has 1 amide bonds. The molecule has 3 N–H and O–H groups in total. The van der Waals surface area contributed by atoms with Crippen molar-refractivity contribution in [2.75, 3.05) is 6.54 Å². The van der Waals surface area contributed by atoms with Crippen LogP contribution in [0.1, 0.15) is 46.3 Å². The standard InChI is InChI=1S/C16H23N3O2/c1-10-8-11(2)15(12(3)9-10)16(20)19(13-4-5-13)7-6-14(17)18-21/h8-9,13,21H,4-7H2,1-3H3,(H2,17,18). The van der Waals surface area contributed by atoms with E-state index in [9.17, 15) is 4.79 Å². The summed E-state index contributed by atoms with van der Waals surface area (Å²) in [5.74, 6) is 0.212. The minimum Gasteiger partial charge on any atom is -0.409 e. The van der Waals surface area contributed by atoms with Crippen molar-refractivity contribution >= 4 is 11.7 Å². The van der Waals surface area contributed by atoms with Gasteiger partial charge in [-0.3, -0.25) is 4.79 Å². The molecule has 1 aromatic rings. The van der Waals surface area contributed by atoms with Crippen molar-refractivity contribution in [1.29, 1.82) is 0 Å². The zero-order chi connectivity index (χ0) is 15.6. The maximum atomic E-state index is 12.9. The molecule has 0 atom stereocenters. The summed E-state index contributed by atoms with van der Waals surface area (Å²) in [6.07, 6.45) is 2.46. The van der Waals surface area contributed by atoms with Crippen LogP contribution in [0.3, 0.4) is 0 Å². The lowest BCUT2D eigenvalue weighted by Crippen LogP contribution is -2.36. The highest BCUT2D eigenvalue weighted by Crippen LogP contribution is 2.30. The Morgan fingerprint density at radius 2 is 1.90 bits per heavy atom. The van der Waals surface area contributed by atoms with Crippen molar-refractivity contribution in [2.24, 2.45) is 10.9 Å². The molecule has 1 fully saturated rings. The molecular formula is C16H23N3O2. The Morgan fingerprint density at radius 3 is 2.38 bits per heavy atom. The van der Waals surface area contributed by atoms with Crippen LogP contribution in [0, 0.1) is 20.8 Å². The van der Waals surface area contributed by atoms with Crippen LogP contribution in [0.25, 0.3) is 0 Å². The molecule has 1 aliphatic carbocycles. The van der Waals surface area contributed by atoms with E-state index in [1.54, 1.807) is 0 Å². The number of carbonyl (C=O) groups is 1. The fourth-order valence-electron chi connectivity index (χ4n) is 2.78. The molecule has 114 valence electrons. The molecule has 0 unspecified atom stereocenters. The van der Waals surface area contributed by atoms with E-state index in [0.29, 0.717) is 19.0 Å². The summed E-state index contributed by atoms with van der Waals surface area (Å²) in [4.78, 5) is 14.7. The molecule has 0 radical (unpaired) electrons. The van der Waals surface area contributed by atoms with Gasteiger partial charge in [0.1, 0.15) is 5.84 Å². The van der Waals surface area contributed by atoms with Gasteiger partial charge in [0, 0.05) is 24.6 Å². The molecule has 0 aromatic heterocycles. The molecule has 0 saturated heterocycles. The lowest BCUT2D eigenvalue weighted by molar-refractivity contribution is 0.0746. The van der Waals surface area contributed by atoms with Crippen molar-refractivity contribution in [3.8, 4) is 0 Å². The smallest absolute Gasteiger partial charge is 0.254 e. The van der Waals surface area contributed by atoms with E-state index in [0.717, 1.165) is 35.1 Å². The van der Waals surface area contributed by atoms with Crippen LogP contribution in [-0.2, 0) is 0 Å². The van der Waals surface area contributed by atoms with Crippen LogP contribution < -0.4 is 5.73 Å². The molecule has 2 rings (SSSR count). The molecule has 0 spiro atoms. The summed E-state index contributed by atoms with van der Waals surface area (Å²) in [5, 5.41) is 11.6. The normalized spacial score (nSPS) is 15.1. The lowest BCUT2D eigenvalue weighted by atomic mass is 9.98. The summed E-state index contributed by atoms with van der Waals surface area (Å²) < 4.78 is 0. The van der Waals surface area contributed by atoms with E-state index in [4.69, 9.17) is 10.9 Å². The first-order valence-electron chi connectivity index (χ1n) is 7.29. The van der Waals surface area contributed by atoms with Crippen LogP contribution in [0.5, 0.6) is 0 Å². The number of nitrogens with zero attached hydrogens (tertiary/aromatic N) is 2.